The molecule has 7 heteroatoms. The largest absolute Gasteiger partial charge is 0.395 e. The van der Waals surface area contributed by atoms with Crippen LogP contribution < -0.4 is 4.90 Å². The summed E-state index contributed by atoms with van der Waals surface area (Å²) in [6.45, 7) is -0.0324. The molecular formula is C10H13F2NO3S. The highest BCUT2D eigenvalue weighted by molar-refractivity contribution is 7.91. The van der Waals surface area contributed by atoms with E-state index in [1.807, 2.05) is 0 Å². The molecule has 0 amide bonds. The molecule has 96 valence electrons. The molecule has 17 heavy (non-hydrogen) atoms. The first-order valence-electron chi connectivity index (χ1n) is 4.84. The van der Waals surface area contributed by atoms with Crippen molar-refractivity contribution in [2.24, 2.45) is 0 Å². The van der Waals surface area contributed by atoms with Crippen LogP contribution in [0.4, 0.5) is 14.5 Å². The lowest BCUT2D eigenvalue weighted by atomic mass is 10.3. The third-order valence-corrected chi connectivity index (χ3v) is 3.68. The maximum Gasteiger partial charge on any atom is 0.341 e. The molecule has 4 nitrogen and oxygen atoms in total. The highest BCUT2D eigenvalue weighted by atomic mass is 32.2. The van der Waals surface area contributed by atoms with Crippen LogP contribution in [0, 0.1) is 0 Å². The molecule has 0 heterocycles. The van der Waals surface area contributed by atoms with Crippen LogP contribution in [0.1, 0.15) is 0 Å². The van der Waals surface area contributed by atoms with Crippen LogP contribution in [0.3, 0.4) is 0 Å². The fourth-order valence-corrected chi connectivity index (χ4v) is 2.36. The Kier molecular flexibility index (Phi) is 4.41. The van der Waals surface area contributed by atoms with Crippen molar-refractivity contribution in [2.45, 2.75) is 10.7 Å². The normalized spacial score (nSPS) is 11.8. The van der Waals surface area contributed by atoms with E-state index in [0.29, 0.717) is 0 Å². The van der Waals surface area contributed by atoms with Crippen LogP contribution in [-0.4, -0.2) is 39.5 Å². The number of hydrogen-bond donors (Lipinski definition) is 1. The van der Waals surface area contributed by atoms with Crippen LogP contribution in [0.15, 0.2) is 29.2 Å². The zero-order chi connectivity index (χ0) is 13.1. The van der Waals surface area contributed by atoms with Crippen molar-refractivity contribution >= 4 is 15.5 Å². The van der Waals surface area contributed by atoms with Gasteiger partial charge >= 0.3 is 5.76 Å². The Bertz CT molecular complexity index is 476. The van der Waals surface area contributed by atoms with Gasteiger partial charge in [-0.05, 0) is 12.1 Å². The summed E-state index contributed by atoms with van der Waals surface area (Å²) in [5, 5.41) is 8.76. The summed E-state index contributed by atoms with van der Waals surface area (Å²) < 4.78 is 47.8. The SMILES string of the molecule is CN(CCO)c1ccccc1S(=O)(=O)C(F)F. The van der Waals surface area contributed by atoms with Gasteiger partial charge in [0.25, 0.3) is 0 Å². The number of benzene rings is 1. The van der Waals surface area contributed by atoms with Crippen molar-refractivity contribution in [1.82, 2.24) is 0 Å². The van der Waals surface area contributed by atoms with Crippen LogP contribution in [0.5, 0.6) is 0 Å². The summed E-state index contributed by atoms with van der Waals surface area (Å²) in [5.41, 5.74) is 0.154. The second-order valence-electron chi connectivity index (χ2n) is 3.42. The number of aliphatic hydroxyl groups is 1. The minimum absolute atomic E-state index is 0.154. The van der Waals surface area contributed by atoms with Crippen molar-refractivity contribution in [1.29, 1.82) is 0 Å². The van der Waals surface area contributed by atoms with E-state index in [4.69, 9.17) is 5.11 Å². The molecule has 1 aromatic rings. The van der Waals surface area contributed by atoms with Gasteiger partial charge in [-0.25, -0.2) is 8.42 Å². The van der Waals surface area contributed by atoms with Crippen LogP contribution in [-0.2, 0) is 9.84 Å². The van der Waals surface area contributed by atoms with Crippen molar-refractivity contribution in [3.8, 4) is 0 Å². The fourth-order valence-electron chi connectivity index (χ4n) is 1.38. The Balaban J connectivity index is 3.26. The zero-order valence-electron chi connectivity index (χ0n) is 9.18. The molecule has 0 radical (unpaired) electrons. The predicted molar refractivity (Wildman–Crippen MR) is 60.0 cm³/mol. The first kappa shape index (κ1) is 13.9. The molecule has 0 spiro atoms. The van der Waals surface area contributed by atoms with Crippen LogP contribution in [0.2, 0.25) is 0 Å². The Labute approximate surface area is 98.4 Å². The smallest absolute Gasteiger partial charge is 0.341 e. The molecule has 0 aliphatic carbocycles. The van der Waals surface area contributed by atoms with E-state index in [1.165, 1.54) is 24.1 Å². The van der Waals surface area contributed by atoms with E-state index in [2.05, 4.69) is 0 Å². The summed E-state index contributed by atoms with van der Waals surface area (Å²) in [5.74, 6) is -3.45. The van der Waals surface area contributed by atoms with Gasteiger partial charge in [0, 0.05) is 13.6 Å². The van der Waals surface area contributed by atoms with E-state index in [-0.39, 0.29) is 18.8 Å². The topological polar surface area (TPSA) is 57.6 Å². The van der Waals surface area contributed by atoms with Crippen LogP contribution >= 0.6 is 0 Å². The molecule has 0 fully saturated rings. The number of alkyl halides is 2. The molecule has 0 aliphatic heterocycles. The molecule has 1 aromatic carbocycles. The van der Waals surface area contributed by atoms with Gasteiger partial charge in [0.2, 0.25) is 9.84 Å². The van der Waals surface area contributed by atoms with Gasteiger partial charge in [-0.2, -0.15) is 8.78 Å². The van der Waals surface area contributed by atoms with E-state index in [9.17, 15) is 17.2 Å². The van der Waals surface area contributed by atoms with Gasteiger partial charge in [-0.3, -0.25) is 0 Å². The summed E-state index contributed by atoms with van der Waals surface area (Å²) in [4.78, 5) is 0.987. The summed E-state index contributed by atoms with van der Waals surface area (Å²) >= 11 is 0. The van der Waals surface area contributed by atoms with E-state index < -0.39 is 20.5 Å². The van der Waals surface area contributed by atoms with E-state index >= 15 is 0 Å². The number of sulfone groups is 1. The number of anilines is 1. The van der Waals surface area contributed by atoms with Crippen molar-refractivity contribution in [2.75, 3.05) is 25.1 Å². The van der Waals surface area contributed by atoms with Gasteiger partial charge < -0.3 is 10.0 Å². The average molecular weight is 265 g/mol. The highest BCUT2D eigenvalue weighted by Crippen LogP contribution is 2.28. The fraction of sp³-hybridized carbons (Fsp3) is 0.400. The Hall–Kier alpha value is -1.21. The van der Waals surface area contributed by atoms with Gasteiger partial charge in [0.1, 0.15) is 0 Å². The standard InChI is InChI=1S/C10H13F2NO3S/c1-13(6-7-14)8-4-2-3-5-9(8)17(15,16)10(11)12/h2-5,10,14H,6-7H2,1H3. The lowest BCUT2D eigenvalue weighted by Gasteiger charge is -2.21. The Morgan fingerprint density at radius 1 is 1.35 bits per heavy atom. The molecule has 0 unspecified atom stereocenters. The molecular weight excluding hydrogens is 252 g/mol. The van der Waals surface area contributed by atoms with Gasteiger partial charge in [0.05, 0.1) is 17.2 Å². The second-order valence-corrected chi connectivity index (χ2v) is 5.30. The lowest BCUT2D eigenvalue weighted by Crippen LogP contribution is -2.24. The van der Waals surface area contributed by atoms with Gasteiger partial charge in [-0.15, -0.1) is 0 Å². The molecule has 0 aliphatic rings. The van der Waals surface area contributed by atoms with Crippen molar-refractivity contribution in [3.63, 3.8) is 0 Å². The number of nitrogens with zero attached hydrogens (tertiary/aromatic N) is 1. The predicted octanol–water partition coefficient (Wildman–Crippen LogP) is 1.11. The molecule has 1 N–H and O–H groups in total. The van der Waals surface area contributed by atoms with Gasteiger partial charge in [-0.1, -0.05) is 12.1 Å². The number of para-hydroxylation sites is 1. The molecule has 0 saturated carbocycles. The number of rotatable bonds is 5. The third-order valence-electron chi connectivity index (χ3n) is 2.25. The van der Waals surface area contributed by atoms with Gasteiger partial charge in [0.15, 0.2) is 0 Å². The summed E-state index contributed by atoms with van der Waals surface area (Å²) in [7, 11) is -3.10. The third kappa shape index (κ3) is 2.92. The Morgan fingerprint density at radius 3 is 2.47 bits per heavy atom. The van der Waals surface area contributed by atoms with E-state index in [0.717, 1.165) is 6.07 Å². The maximum absolute atomic E-state index is 12.5. The first-order valence-corrected chi connectivity index (χ1v) is 6.39. The molecule has 0 bridgehead atoms. The van der Waals surface area contributed by atoms with E-state index in [1.54, 1.807) is 6.07 Å². The van der Waals surface area contributed by atoms with Crippen molar-refractivity contribution in [3.05, 3.63) is 24.3 Å². The number of likely N-dealkylation sites (N-methyl/N-ethyl adjacent to an activating group) is 1. The van der Waals surface area contributed by atoms with Crippen LogP contribution in [0.25, 0.3) is 0 Å². The minimum Gasteiger partial charge on any atom is -0.395 e. The monoisotopic (exact) mass is 265 g/mol. The zero-order valence-corrected chi connectivity index (χ0v) is 9.99. The number of halogens is 2. The summed E-state index contributed by atoms with van der Waals surface area (Å²) in [6, 6.07) is 5.48. The number of aliphatic hydroxyl groups excluding tert-OH is 1. The minimum atomic E-state index is -4.63. The molecule has 0 atom stereocenters. The number of hydrogen-bond acceptors (Lipinski definition) is 4. The molecule has 0 saturated heterocycles. The first-order chi connectivity index (χ1) is 7.91. The Morgan fingerprint density at radius 2 is 1.94 bits per heavy atom. The quantitative estimate of drug-likeness (QED) is 0.866. The second kappa shape index (κ2) is 5.42. The average Bonchev–Trinajstić information content (AvgIpc) is 2.29. The molecule has 0 aromatic heterocycles. The highest BCUT2D eigenvalue weighted by Gasteiger charge is 2.29. The maximum atomic E-state index is 12.5. The van der Waals surface area contributed by atoms with Crippen molar-refractivity contribution < 1.29 is 22.3 Å². The summed E-state index contributed by atoms with van der Waals surface area (Å²) in [6.07, 6.45) is 0. The molecule has 1 rings (SSSR count). The lowest BCUT2D eigenvalue weighted by molar-refractivity contribution is 0.235.